The van der Waals surface area contributed by atoms with E-state index in [4.69, 9.17) is 16.3 Å². The molecule has 0 aliphatic rings. The lowest BCUT2D eigenvalue weighted by molar-refractivity contribution is 0.199. The van der Waals surface area contributed by atoms with Crippen molar-refractivity contribution in [2.45, 2.75) is 16.6 Å². The van der Waals surface area contributed by atoms with Crippen LogP contribution in [-0.2, 0) is 18.3 Å². The zero-order chi connectivity index (χ0) is 14.4. The van der Waals surface area contributed by atoms with Crippen LogP contribution < -0.4 is 5.32 Å². The van der Waals surface area contributed by atoms with Crippen LogP contribution in [0, 0.1) is 0 Å². The first-order valence-electron chi connectivity index (χ1n) is 6.20. The normalized spacial score (nSPS) is 10.9. The summed E-state index contributed by atoms with van der Waals surface area (Å²) in [6.07, 6.45) is 1.68. The standard InChI is InChI=1S/C13H17ClN4OS/c1-18-9-16-17-13(18)20-12-7-11(14)4-3-10(12)8-15-5-6-19-2/h3-4,7,9,15H,5-6,8H2,1-2H3. The van der Waals surface area contributed by atoms with E-state index in [1.54, 1.807) is 25.2 Å². The predicted molar refractivity (Wildman–Crippen MR) is 80.2 cm³/mol. The van der Waals surface area contributed by atoms with Gasteiger partial charge in [0.15, 0.2) is 5.16 Å². The number of halogens is 1. The monoisotopic (exact) mass is 312 g/mol. The highest BCUT2D eigenvalue weighted by Gasteiger charge is 2.09. The Hall–Kier alpha value is -1.08. The van der Waals surface area contributed by atoms with Crippen molar-refractivity contribution in [3.8, 4) is 0 Å². The van der Waals surface area contributed by atoms with Gasteiger partial charge >= 0.3 is 0 Å². The SMILES string of the molecule is COCCNCc1ccc(Cl)cc1Sc1nncn1C. The maximum Gasteiger partial charge on any atom is 0.195 e. The molecule has 0 amide bonds. The molecule has 7 heteroatoms. The Morgan fingerprint density at radius 1 is 1.45 bits per heavy atom. The Morgan fingerprint density at radius 2 is 2.30 bits per heavy atom. The highest BCUT2D eigenvalue weighted by Crippen LogP contribution is 2.30. The molecule has 0 bridgehead atoms. The summed E-state index contributed by atoms with van der Waals surface area (Å²) in [6, 6.07) is 5.88. The average Bonchev–Trinajstić information content (AvgIpc) is 2.82. The Balaban J connectivity index is 2.09. The first-order valence-corrected chi connectivity index (χ1v) is 7.40. The summed E-state index contributed by atoms with van der Waals surface area (Å²) in [5.74, 6) is 0. The quantitative estimate of drug-likeness (QED) is 0.795. The van der Waals surface area contributed by atoms with E-state index in [2.05, 4.69) is 15.5 Å². The van der Waals surface area contributed by atoms with Crippen LogP contribution in [0.4, 0.5) is 0 Å². The van der Waals surface area contributed by atoms with E-state index < -0.39 is 0 Å². The van der Waals surface area contributed by atoms with E-state index in [0.717, 1.165) is 28.2 Å². The number of aryl methyl sites for hydroxylation is 1. The molecule has 1 N–H and O–H groups in total. The molecule has 0 unspecified atom stereocenters. The van der Waals surface area contributed by atoms with Crippen LogP contribution in [0.5, 0.6) is 0 Å². The molecule has 0 aliphatic heterocycles. The van der Waals surface area contributed by atoms with E-state index in [9.17, 15) is 0 Å². The highest BCUT2D eigenvalue weighted by atomic mass is 35.5. The van der Waals surface area contributed by atoms with Gasteiger partial charge < -0.3 is 14.6 Å². The number of benzene rings is 1. The zero-order valence-corrected chi connectivity index (χ0v) is 13.0. The number of nitrogens with zero attached hydrogens (tertiary/aromatic N) is 3. The molecular weight excluding hydrogens is 296 g/mol. The topological polar surface area (TPSA) is 52.0 Å². The van der Waals surface area contributed by atoms with Crippen molar-refractivity contribution in [1.29, 1.82) is 0 Å². The second kappa shape index (κ2) is 7.64. The third kappa shape index (κ3) is 4.21. The fourth-order valence-corrected chi connectivity index (χ4v) is 2.80. The van der Waals surface area contributed by atoms with Crippen LogP contribution in [0.3, 0.4) is 0 Å². The number of ether oxygens (including phenoxy) is 1. The summed E-state index contributed by atoms with van der Waals surface area (Å²) in [7, 11) is 3.61. The van der Waals surface area contributed by atoms with Gasteiger partial charge in [0.25, 0.3) is 0 Å². The van der Waals surface area contributed by atoms with Crippen molar-refractivity contribution in [1.82, 2.24) is 20.1 Å². The van der Waals surface area contributed by atoms with E-state index in [0.29, 0.717) is 6.61 Å². The average molecular weight is 313 g/mol. The summed E-state index contributed by atoms with van der Waals surface area (Å²) in [4.78, 5) is 1.08. The number of nitrogens with one attached hydrogen (secondary N) is 1. The van der Waals surface area contributed by atoms with Crippen molar-refractivity contribution in [2.75, 3.05) is 20.3 Å². The summed E-state index contributed by atoms with van der Waals surface area (Å²) in [5, 5.41) is 12.9. The minimum Gasteiger partial charge on any atom is -0.383 e. The smallest absolute Gasteiger partial charge is 0.195 e. The molecule has 1 aromatic heterocycles. The Bertz CT molecular complexity index is 561. The van der Waals surface area contributed by atoms with Gasteiger partial charge in [0.1, 0.15) is 6.33 Å². The fourth-order valence-electron chi connectivity index (χ4n) is 1.63. The summed E-state index contributed by atoms with van der Waals surface area (Å²) in [5.41, 5.74) is 1.18. The van der Waals surface area contributed by atoms with E-state index in [1.165, 1.54) is 5.56 Å². The molecule has 2 aromatic rings. The van der Waals surface area contributed by atoms with Crippen molar-refractivity contribution >= 4 is 23.4 Å². The first kappa shape index (κ1) is 15.3. The molecule has 1 heterocycles. The number of methoxy groups -OCH3 is 1. The van der Waals surface area contributed by atoms with Gasteiger partial charge in [-0.05, 0) is 29.5 Å². The molecule has 0 spiro atoms. The molecule has 1 aromatic carbocycles. The van der Waals surface area contributed by atoms with Crippen LogP contribution in [0.2, 0.25) is 5.02 Å². The van der Waals surface area contributed by atoms with Gasteiger partial charge in [-0.25, -0.2) is 0 Å². The molecule has 0 aliphatic carbocycles. The van der Waals surface area contributed by atoms with Gasteiger partial charge in [0, 0.05) is 37.2 Å². The third-order valence-electron chi connectivity index (χ3n) is 2.70. The van der Waals surface area contributed by atoms with Crippen LogP contribution in [0.15, 0.2) is 34.6 Å². The lowest BCUT2D eigenvalue weighted by atomic mass is 10.2. The Kier molecular flexibility index (Phi) is 5.85. The molecule has 0 atom stereocenters. The molecule has 0 saturated heterocycles. The van der Waals surface area contributed by atoms with Crippen molar-refractivity contribution in [3.63, 3.8) is 0 Å². The lowest BCUT2D eigenvalue weighted by Gasteiger charge is -2.10. The Morgan fingerprint density at radius 3 is 3.00 bits per heavy atom. The summed E-state index contributed by atoms with van der Waals surface area (Å²) >= 11 is 7.64. The summed E-state index contributed by atoms with van der Waals surface area (Å²) in [6.45, 7) is 2.27. The van der Waals surface area contributed by atoms with Gasteiger partial charge in [0.2, 0.25) is 0 Å². The molecule has 20 heavy (non-hydrogen) atoms. The van der Waals surface area contributed by atoms with Crippen molar-refractivity contribution in [3.05, 3.63) is 35.1 Å². The first-order chi connectivity index (χ1) is 9.70. The maximum absolute atomic E-state index is 6.08. The summed E-state index contributed by atoms with van der Waals surface area (Å²) < 4.78 is 6.90. The van der Waals surface area contributed by atoms with Crippen LogP contribution in [0.1, 0.15) is 5.56 Å². The second-order valence-corrected chi connectivity index (χ2v) is 5.69. The van der Waals surface area contributed by atoms with Crippen molar-refractivity contribution < 1.29 is 4.74 Å². The predicted octanol–water partition coefficient (Wildman–Crippen LogP) is 2.36. The molecule has 108 valence electrons. The number of rotatable bonds is 7. The van der Waals surface area contributed by atoms with E-state index in [-0.39, 0.29) is 0 Å². The number of aromatic nitrogens is 3. The van der Waals surface area contributed by atoms with Gasteiger partial charge in [0.05, 0.1) is 6.61 Å². The second-order valence-electron chi connectivity index (χ2n) is 4.25. The van der Waals surface area contributed by atoms with E-state index in [1.807, 2.05) is 29.8 Å². The van der Waals surface area contributed by atoms with Crippen LogP contribution in [-0.4, -0.2) is 35.0 Å². The molecule has 0 fully saturated rings. The maximum atomic E-state index is 6.08. The Labute approximate surface area is 127 Å². The minimum absolute atomic E-state index is 0.694. The fraction of sp³-hybridized carbons (Fsp3) is 0.385. The van der Waals surface area contributed by atoms with Crippen LogP contribution >= 0.6 is 23.4 Å². The van der Waals surface area contributed by atoms with Gasteiger partial charge in [-0.2, -0.15) is 0 Å². The molecule has 5 nitrogen and oxygen atoms in total. The number of hydrogen-bond donors (Lipinski definition) is 1. The lowest BCUT2D eigenvalue weighted by Crippen LogP contribution is -2.18. The molecule has 0 saturated carbocycles. The van der Waals surface area contributed by atoms with Crippen LogP contribution in [0.25, 0.3) is 0 Å². The minimum atomic E-state index is 0.694. The highest BCUT2D eigenvalue weighted by molar-refractivity contribution is 7.99. The van der Waals surface area contributed by atoms with Crippen molar-refractivity contribution in [2.24, 2.45) is 7.05 Å². The zero-order valence-electron chi connectivity index (χ0n) is 11.5. The molecular formula is C13H17ClN4OS. The van der Waals surface area contributed by atoms with E-state index >= 15 is 0 Å². The van der Waals surface area contributed by atoms with Gasteiger partial charge in [-0.1, -0.05) is 17.7 Å². The van der Waals surface area contributed by atoms with Gasteiger partial charge in [-0.3, -0.25) is 0 Å². The molecule has 2 rings (SSSR count). The molecule has 0 radical (unpaired) electrons. The van der Waals surface area contributed by atoms with Gasteiger partial charge in [-0.15, -0.1) is 10.2 Å². The largest absolute Gasteiger partial charge is 0.383 e. The third-order valence-corrected chi connectivity index (χ3v) is 4.09. The number of hydrogen-bond acceptors (Lipinski definition) is 5.